The minimum Gasteiger partial charge on any atom is -0.478 e. The van der Waals surface area contributed by atoms with E-state index in [9.17, 15) is 14.0 Å². The largest absolute Gasteiger partial charge is 0.478 e. The van der Waals surface area contributed by atoms with Crippen molar-refractivity contribution in [2.75, 3.05) is 13.2 Å². The number of amides is 1. The summed E-state index contributed by atoms with van der Waals surface area (Å²) in [5, 5.41) is 12.0. The van der Waals surface area contributed by atoms with Gasteiger partial charge in [-0.3, -0.25) is 4.79 Å². The molecule has 3 rings (SSSR count). The van der Waals surface area contributed by atoms with Gasteiger partial charge in [-0.25, -0.2) is 9.18 Å². The number of aromatic carboxylic acids is 1. The number of nitrogens with one attached hydrogen (secondary N) is 1. The highest BCUT2D eigenvalue weighted by Gasteiger charge is 2.42. The van der Waals surface area contributed by atoms with Gasteiger partial charge in [0.2, 0.25) is 5.91 Å². The number of rotatable bonds is 5. The monoisotopic (exact) mass is 371 g/mol. The molecule has 1 heterocycles. The Hall–Kier alpha value is -2.73. The Balaban J connectivity index is 1.83. The third-order valence-corrected chi connectivity index (χ3v) is 5.16. The lowest BCUT2D eigenvalue weighted by atomic mass is 9.73. The highest BCUT2D eigenvalue weighted by molar-refractivity contribution is 5.89. The van der Waals surface area contributed by atoms with E-state index >= 15 is 0 Å². The SMILES string of the molecule is CC(NC(=O)C1(c2cccc(F)c2)CCOCC1)c1ccc(C(=O)O)cc1. The van der Waals surface area contributed by atoms with Crippen LogP contribution in [-0.2, 0) is 14.9 Å². The van der Waals surface area contributed by atoms with E-state index < -0.39 is 11.4 Å². The van der Waals surface area contributed by atoms with Crippen molar-refractivity contribution < 1.29 is 23.8 Å². The topological polar surface area (TPSA) is 75.6 Å². The number of carboxylic acids is 1. The molecule has 1 aliphatic heterocycles. The Kier molecular flexibility index (Phi) is 5.56. The number of carbonyl (C=O) groups is 2. The number of hydrogen-bond donors (Lipinski definition) is 2. The normalized spacial score (nSPS) is 17.1. The van der Waals surface area contributed by atoms with Crippen LogP contribution in [0.15, 0.2) is 48.5 Å². The van der Waals surface area contributed by atoms with Crippen LogP contribution in [0.3, 0.4) is 0 Å². The van der Waals surface area contributed by atoms with Crippen LogP contribution in [0.4, 0.5) is 4.39 Å². The second-order valence-electron chi connectivity index (χ2n) is 6.83. The summed E-state index contributed by atoms with van der Waals surface area (Å²) in [6.07, 6.45) is 0.958. The van der Waals surface area contributed by atoms with Crippen LogP contribution < -0.4 is 5.32 Å². The molecule has 1 aliphatic rings. The molecular weight excluding hydrogens is 349 g/mol. The van der Waals surface area contributed by atoms with Gasteiger partial charge in [-0.1, -0.05) is 24.3 Å². The molecule has 5 nitrogen and oxygen atoms in total. The summed E-state index contributed by atoms with van der Waals surface area (Å²) in [6, 6.07) is 12.3. The van der Waals surface area contributed by atoms with Crippen molar-refractivity contribution >= 4 is 11.9 Å². The maximum atomic E-state index is 13.8. The number of carbonyl (C=O) groups excluding carboxylic acids is 1. The molecule has 0 aromatic heterocycles. The molecule has 0 spiro atoms. The van der Waals surface area contributed by atoms with Gasteiger partial charge in [0.1, 0.15) is 5.82 Å². The Morgan fingerprint density at radius 2 is 1.81 bits per heavy atom. The van der Waals surface area contributed by atoms with E-state index in [-0.39, 0.29) is 23.3 Å². The lowest BCUT2D eigenvalue weighted by Crippen LogP contribution is -2.48. The number of hydrogen-bond acceptors (Lipinski definition) is 3. The molecule has 1 amide bonds. The van der Waals surface area contributed by atoms with Crippen LogP contribution in [0.1, 0.15) is 47.3 Å². The number of benzene rings is 2. The van der Waals surface area contributed by atoms with Crippen LogP contribution in [0.5, 0.6) is 0 Å². The summed E-state index contributed by atoms with van der Waals surface area (Å²) in [7, 11) is 0. The smallest absolute Gasteiger partial charge is 0.335 e. The maximum Gasteiger partial charge on any atom is 0.335 e. The number of carboxylic acid groups (broad SMARTS) is 1. The van der Waals surface area contributed by atoms with Gasteiger partial charge in [0, 0.05) is 13.2 Å². The standard InChI is InChI=1S/C21H22FNO4/c1-14(15-5-7-16(8-6-15)19(24)25)23-20(26)21(9-11-27-12-10-21)17-3-2-4-18(22)13-17/h2-8,13-14H,9-12H2,1H3,(H,23,26)(H,24,25). The van der Waals surface area contributed by atoms with Gasteiger partial charge in [-0.05, 0) is 55.2 Å². The van der Waals surface area contributed by atoms with Crippen molar-refractivity contribution in [1.82, 2.24) is 5.32 Å². The highest BCUT2D eigenvalue weighted by Crippen LogP contribution is 2.36. The molecule has 142 valence electrons. The first kappa shape index (κ1) is 19.0. The number of halogens is 1. The minimum atomic E-state index is -0.995. The fourth-order valence-electron chi connectivity index (χ4n) is 3.49. The molecule has 0 radical (unpaired) electrons. The predicted octanol–water partition coefficient (Wildman–Crippen LogP) is 3.45. The Bertz CT molecular complexity index is 828. The van der Waals surface area contributed by atoms with Crippen LogP contribution >= 0.6 is 0 Å². The van der Waals surface area contributed by atoms with Crippen molar-refractivity contribution in [3.05, 3.63) is 71.0 Å². The van der Waals surface area contributed by atoms with Gasteiger partial charge < -0.3 is 15.2 Å². The molecule has 0 saturated carbocycles. The quantitative estimate of drug-likeness (QED) is 0.844. The summed E-state index contributed by atoms with van der Waals surface area (Å²) in [6.45, 7) is 2.71. The van der Waals surface area contributed by atoms with E-state index in [1.165, 1.54) is 24.3 Å². The fourth-order valence-corrected chi connectivity index (χ4v) is 3.49. The molecule has 1 fully saturated rings. The van der Waals surface area contributed by atoms with Crippen molar-refractivity contribution in [2.45, 2.75) is 31.2 Å². The van der Waals surface area contributed by atoms with E-state index in [1.807, 2.05) is 6.92 Å². The van der Waals surface area contributed by atoms with Crippen molar-refractivity contribution in [2.24, 2.45) is 0 Å². The molecule has 1 atom stereocenters. The Morgan fingerprint density at radius 3 is 2.41 bits per heavy atom. The first-order chi connectivity index (χ1) is 12.9. The molecule has 1 saturated heterocycles. The summed E-state index contributed by atoms with van der Waals surface area (Å²) in [5.74, 6) is -1.54. The summed E-state index contributed by atoms with van der Waals surface area (Å²) < 4.78 is 19.2. The van der Waals surface area contributed by atoms with Gasteiger partial charge in [0.15, 0.2) is 0 Å². The van der Waals surface area contributed by atoms with Gasteiger partial charge in [-0.15, -0.1) is 0 Å². The Labute approximate surface area is 157 Å². The first-order valence-electron chi connectivity index (χ1n) is 8.90. The van der Waals surface area contributed by atoms with Gasteiger partial charge in [-0.2, -0.15) is 0 Å². The van der Waals surface area contributed by atoms with Crippen LogP contribution in [-0.4, -0.2) is 30.2 Å². The molecule has 2 aromatic carbocycles. The third kappa shape index (κ3) is 4.01. The average Bonchev–Trinajstić information content (AvgIpc) is 2.68. The molecule has 6 heteroatoms. The van der Waals surface area contributed by atoms with E-state index in [4.69, 9.17) is 9.84 Å². The van der Waals surface area contributed by atoms with Gasteiger partial charge in [0.25, 0.3) is 0 Å². The lowest BCUT2D eigenvalue weighted by molar-refractivity contribution is -0.131. The van der Waals surface area contributed by atoms with Gasteiger partial charge in [0.05, 0.1) is 17.0 Å². The van der Waals surface area contributed by atoms with E-state index in [0.29, 0.717) is 31.6 Å². The van der Waals surface area contributed by atoms with E-state index in [0.717, 1.165) is 5.56 Å². The summed E-state index contributed by atoms with van der Waals surface area (Å²) in [4.78, 5) is 24.2. The summed E-state index contributed by atoms with van der Waals surface area (Å²) >= 11 is 0. The zero-order valence-electron chi connectivity index (χ0n) is 15.1. The van der Waals surface area contributed by atoms with Crippen molar-refractivity contribution in [3.63, 3.8) is 0 Å². The predicted molar refractivity (Wildman–Crippen MR) is 98.1 cm³/mol. The average molecular weight is 371 g/mol. The third-order valence-electron chi connectivity index (χ3n) is 5.16. The van der Waals surface area contributed by atoms with Gasteiger partial charge >= 0.3 is 5.97 Å². The molecule has 0 bridgehead atoms. The molecule has 1 unspecified atom stereocenters. The van der Waals surface area contributed by atoms with E-state index in [2.05, 4.69) is 5.32 Å². The lowest BCUT2D eigenvalue weighted by Gasteiger charge is -2.37. The molecule has 2 N–H and O–H groups in total. The maximum absolute atomic E-state index is 13.8. The molecule has 0 aliphatic carbocycles. The minimum absolute atomic E-state index is 0.175. The first-order valence-corrected chi connectivity index (χ1v) is 8.90. The molecule has 2 aromatic rings. The Morgan fingerprint density at radius 1 is 1.15 bits per heavy atom. The van der Waals surface area contributed by atoms with Crippen LogP contribution in [0.25, 0.3) is 0 Å². The fraction of sp³-hybridized carbons (Fsp3) is 0.333. The molecule has 27 heavy (non-hydrogen) atoms. The summed E-state index contributed by atoms with van der Waals surface area (Å²) in [5.41, 5.74) is 0.805. The number of ether oxygens (including phenoxy) is 1. The molecular formula is C21H22FNO4. The zero-order chi connectivity index (χ0) is 19.4. The second-order valence-corrected chi connectivity index (χ2v) is 6.83. The highest BCUT2D eigenvalue weighted by atomic mass is 19.1. The van der Waals surface area contributed by atoms with Crippen LogP contribution in [0, 0.1) is 5.82 Å². The zero-order valence-corrected chi connectivity index (χ0v) is 15.1. The van der Waals surface area contributed by atoms with Crippen molar-refractivity contribution in [1.29, 1.82) is 0 Å². The van der Waals surface area contributed by atoms with E-state index in [1.54, 1.807) is 24.3 Å². The van der Waals surface area contributed by atoms with Crippen LogP contribution in [0.2, 0.25) is 0 Å². The van der Waals surface area contributed by atoms with Crippen molar-refractivity contribution in [3.8, 4) is 0 Å². The second kappa shape index (κ2) is 7.88.